The Morgan fingerprint density at radius 2 is 1.85 bits per heavy atom. The normalized spacial score (nSPS) is 18.6. The third-order valence-electron chi connectivity index (χ3n) is 7.17. The Labute approximate surface area is 233 Å². The maximum absolute atomic E-state index is 9.42. The summed E-state index contributed by atoms with van der Waals surface area (Å²) in [6, 6.07) is 13.8. The minimum Gasteiger partial charge on any atom is -0.390 e. The lowest BCUT2D eigenvalue weighted by Gasteiger charge is -2.35. The van der Waals surface area contributed by atoms with Gasteiger partial charge in [0, 0.05) is 67.6 Å². The van der Waals surface area contributed by atoms with Crippen molar-refractivity contribution < 1.29 is 19.1 Å². The molecule has 3 aromatic heterocycles. The first kappa shape index (κ1) is 26.4. The zero-order valence-electron chi connectivity index (χ0n) is 22.6. The van der Waals surface area contributed by atoms with E-state index in [-0.39, 0.29) is 18.5 Å². The second-order valence-electron chi connectivity index (χ2n) is 10.4. The molecule has 4 aromatic rings. The molecule has 2 aliphatic heterocycles. The van der Waals surface area contributed by atoms with Crippen LogP contribution in [0.3, 0.4) is 0 Å². The summed E-state index contributed by atoms with van der Waals surface area (Å²) in [6.07, 6.45) is 8.08. The Hall–Kier alpha value is -3.81. The van der Waals surface area contributed by atoms with Crippen molar-refractivity contribution >= 4 is 0 Å². The third-order valence-corrected chi connectivity index (χ3v) is 7.17. The van der Waals surface area contributed by atoms with Gasteiger partial charge in [-0.25, -0.2) is 4.98 Å². The summed E-state index contributed by atoms with van der Waals surface area (Å²) >= 11 is 0. The van der Waals surface area contributed by atoms with Crippen molar-refractivity contribution in [3.8, 4) is 23.2 Å². The van der Waals surface area contributed by atoms with Gasteiger partial charge in [-0.3, -0.25) is 9.88 Å². The summed E-state index contributed by atoms with van der Waals surface area (Å²) in [4.78, 5) is 11.2. The highest BCUT2D eigenvalue weighted by atomic mass is 16.7. The zero-order chi connectivity index (χ0) is 27.3. The first-order valence-electron chi connectivity index (χ1n) is 13.8. The van der Waals surface area contributed by atoms with Crippen LogP contribution in [-0.4, -0.2) is 61.8 Å². The largest absolute Gasteiger partial charge is 0.390 e. The molecule has 1 unspecified atom stereocenters. The number of ether oxygens (including phenoxy) is 2. The highest BCUT2D eigenvalue weighted by Crippen LogP contribution is 2.25. The van der Waals surface area contributed by atoms with Crippen molar-refractivity contribution in [2.75, 3.05) is 19.7 Å². The van der Waals surface area contributed by atoms with Gasteiger partial charge in [-0.15, -0.1) is 0 Å². The molecule has 0 aliphatic carbocycles. The molecule has 5 heterocycles. The molecule has 1 N–H and O–H groups in total. The molecule has 9 nitrogen and oxygen atoms in total. The summed E-state index contributed by atoms with van der Waals surface area (Å²) < 4.78 is 19.5. The van der Waals surface area contributed by atoms with E-state index in [4.69, 9.17) is 14.0 Å². The van der Waals surface area contributed by atoms with Crippen molar-refractivity contribution in [1.29, 1.82) is 0 Å². The molecule has 2 fully saturated rings. The predicted molar refractivity (Wildman–Crippen MR) is 148 cm³/mol. The number of imidazole rings is 1. The first-order valence-corrected chi connectivity index (χ1v) is 13.8. The summed E-state index contributed by atoms with van der Waals surface area (Å²) in [5, 5.41) is 13.7. The van der Waals surface area contributed by atoms with Crippen LogP contribution in [0.1, 0.15) is 60.6 Å². The van der Waals surface area contributed by atoms with Crippen molar-refractivity contribution in [1.82, 2.24) is 24.6 Å². The van der Waals surface area contributed by atoms with Gasteiger partial charge in [-0.05, 0) is 62.6 Å². The molecule has 9 heteroatoms. The number of pyridine rings is 1. The predicted octanol–water partition coefficient (Wildman–Crippen LogP) is 4.16. The second kappa shape index (κ2) is 12.1. The SMILES string of the molecule is C[C@H](OC1CCCCO1)c1nccn1Cc1cc(-c2ccc(C#Cc3ccc(CN4CC(O)C4)nc3)cc2)on1. The smallest absolute Gasteiger partial charge is 0.167 e. The molecule has 1 aromatic carbocycles. The topological polar surface area (TPSA) is 98.7 Å². The quantitative estimate of drug-likeness (QED) is 0.333. The Kier molecular flexibility index (Phi) is 8.02. The molecule has 2 atom stereocenters. The number of aliphatic hydroxyl groups excluding tert-OH is 1. The Bertz CT molecular complexity index is 1460. The van der Waals surface area contributed by atoms with Gasteiger partial charge in [0.15, 0.2) is 12.1 Å². The molecule has 0 spiro atoms. The number of nitrogens with zero attached hydrogens (tertiary/aromatic N) is 5. The molecule has 2 aliphatic rings. The van der Waals surface area contributed by atoms with E-state index in [0.717, 1.165) is 66.3 Å². The van der Waals surface area contributed by atoms with E-state index in [0.29, 0.717) is 25.4 Å². The van der Waals surface area contributed by atoms with E-state index in [2.05, 4.69) is 31.9 Å². The summed E-state index contributed by atoms with van der Waals surface area (Å²) in [5.41, 5.74) is 4.49. The lowest BCUT2D eigenvalue weighted by atomic mass is 10.1. The highest BCUT2D eigenvalue weighted by molar-refractivity contribution is 5.59. The highest BCUT2D eigenvalue weighted by Gasteiger charge is 2.24. The van der Waals surface area contributed by atoms with Crippen LogP contribution < -0.4 is 0 Å². The van der Waals surface area contributed by atoms with Crippen LogP contribution in [0.25, 0.3) is 11.3 Å². The first-order chi connectivity index (χ1) is 19.6. The number of hydrogen-bond donors (Lipinski definition) is 1. The van der Waals surface area contributed by atoms with Gasteiger partial charge in [-0.1, -0.05) is 17.0 Å². The lowest BCUT2D eigenvalue weighted by Crippen LogP contribution is -2.49. The minimum absolute atomic E-state index is 0.172. The van der Waals surface area contributed by atoms with Crippen molar-refractivity contribution in [2.45, 2.75) is 57.8 Å². The number of likely N-dealkylation sites (tertiary alicyclic amines) is 1. The number of benzene rings is 1. The van der Waals surface area contributed by atoms with Crippen molar-refractivity contribution in [3.63, 3.8) is 0 Å². The van der Waals surface area contributed by atoms with Gasteiger partial charge in [0.1, 0.15) is 17.6 Å². The fourth-order valence-corrected chi connectivity index (χ4v) is 4.97. The Morgan fingerprint density at radius 1 is 1.02 bits per heavy atom. The van der Waals surface area contributed by atoms with Crippen LogP contribution in [0, 0.1) is 11.8 Å². The monoisotopic (exact) mass is 539 g/mol. The molecule has 0 radical (unpaired) electrons. The van der Waals surface area contributed by atoms with Crippen LogP contribution in [0.4, 0.5) is 0 Å². The van der Waals surface area contributed by atoms with Gasteiger partial charge in [-0.2, -0.15) is 0 Å². The Morgan fingerprint density at radius 3 is 2.60 bits per heavy atom. The standard InChI is InChI=1S/C31H33N5O4/c1-22(39-30-4-2-3-15-38-30)31-32-13-14-36(31)19-27-16-29(40-34-27)25-10-7-23(8-11-25)5-6-24-9-12-26(33-17-24)18-35-20-28(37)21-35/h7-14,16-17,22,28,30,37H,2-4,15,18-21H2,1H3/t22-,30?/m0/s1. The van der Waals surface area contributed by atoms with Crippen LogP contribution >= 0.6 is 0 Å². The molecule has 0 amide bonds. The molecule has 6 rings (SSSR count). The average Bonchev–Trinajstić information content (AvgIpc) is 3.63. The van der Waals surface area contributed by atoms with E-state index in [1.165, 1.54) is 0 Å². The third kappa shape index (κ3) is 6.49. The average molecular weight is 540 g/mol. The van der Waals surface area contributed by atoms with Crippen molar-refractivity contribution in [2.24, 2.45) is 0 Å². The number of rotatable bonds is 8. The number of β-amino-alcohol motifs (C(OH)–C–C–N with tert-alkyl or cyclic N) is 1. The van der Waals surface area contributed by atoms with Crippen LogP contribution in [0.2, 0.25) is 0 Å². The van der Waals surface area contributed by atoms with Gasteiger partial charge in [0.2, 0.25) is 0 Å². The van der Waals surface area contributed by atoms with Crippen LogP contribution in [0.5, 0.6) is 0 Å². The van der Waals surface area contributed by atoms with E-state index in [1.54, 1.807) is 12.4 Å². The number of aromatic nitrogens is 4. The fraction of sp³-hybridized carbons (Fsp3) is 0.387. The fourth-order valence-electron chi connectivity index (χ4n) is 4.97. The van der Waals surface area contributed by atoms with Crippen molar-refractivity contribution in [3.05, 3.63) is 89.4 Å². The minimum atomic E-state index is -0.200. The molecule has 2 saturated heterocycles. The lowest BCUT2D eigenvalue weighted by molar-refractivity contribution is -0.188. The zero-order valence-corrected chi connectivity index (χ0v) is 22.6. The summed E-state index contributed by atoms with van der Waals surface area (Å²) in [7, 11) is 0. The number of hydrogen-bond acceptors (Lipinski definition) is 8. The molecule has 206 valence electrons. The summed E-state index contributed by atoms with van der Waals surface area (Å²) in [5.74, 6) is 7.91. The Balaban J connectivity index is 1.05. The van der Waals surface area contributed by atoms with Gasteiger partial charge >= 0.3 is 0 Å². The van der Waals surface area contributed by atoms with E-state index < -0.39 is 0 Å². The molecular weight excluding hydrogens is 506 g/mol. The maximum atomic E-state index is 9.42. The summed E-state index contributed by atoms with van der Waals surface area (Å²) in [6.45, 7) is 5.47. The number of aliphatic hydroxyl groups is 1. The van der Waals surface area contributed by atoms with Gasteiger partial charge in [0.25, 0.3) is 0 Å². The molecule has 40 heavy (non-hydrogen) atoms. The molecule has 0 saturated carbocycles. The van der Waals surface area contributed by atoms with Gasteiger partial charge in [0.05, 0.1) is 18.3 Å². The van der Waals surface area contributed by atoms with E-state index in [9.17, 15) is 5.11 Å². The van der Waals surface area contributed by atoms with Crippen LogP contribution in [0.15, 0.2) is 65.6 Å². The van der Waals surface area contributed by atoms with Crippen LogP contribution in [-0.2, 0) is 22.6 Å². The van der Waals surface area contributed by atoms with E-state index in [1.807, 2.05) is 60.2 Å². The molecule has 0 bridgehead atoms. The second-order valence-corrected chi connectivity index (χ2v) is 10.4. The molecular formula is C31H33N5O4. The van der Waals surface area contributed by atoms with Gasteiger partial charge < -0.3 is 23.7 Å². The maximum Gasteiger partial charge on any atom is 0.167 e. The van der Waals surface area contributed by atoms with E-state index >= 15 is 0 Å².